The van der Waals surface area contributed by atoms with Crippen molar-refractivity contribution in [3.05, 3.63) is 0 Å². The summed E-state index contributed by atoms with van der Waals surface area (Å²) in [5.74, 6) is 0. The zero-order chi connectivity index (χ0) is 9.45. The SMILES string of the molecule is CNCCOP(=O)(O)OCCN. The molecule has 0 heterocycles. The summed E-state index contributed by atoms with van der Waals surface area (Å²) < 4.78 is 19.9. The first-order chi connectivity index (χ1) is 5.62. The third-order valence-electron chi connectivity index (χ3n) is 0.979. The molecule has 12 heavy (non-hydrogen) atoms. The maximum absolute atomic E-state index is 10.9. The van der Waals surface area contributed by atoms with Crippen LogP contribution in [0.25, 0.3) is 0 Å². The van der Waals surface area contributed by atoms with Crippen LogP contribution in [0.15, 0.2) is 0 Å². The number of phosphoric ester groups is 1. The molecule has 0 radical (unpaired) electrons. The van der Waals surface area contributed by atoms with Crippen LogP contribution in [0.2, 0.25) is 0 Å². The lowest BCUT2D eigenvalue weighted by atomic mass is 10.7. The smallest absolute Gasteiger partial charge is 0.328 e. The van der Waals surface area contributed by atoms with E-state index in [1.165, 1.54) is 0 Å². The van der Waals surface area contributed by atoms with E-state index >= 15 is 0 Å². The Hall–Kier alpha value is 0.0300. The molecule has 0 bridgehead atoms. The van der Waals surface area contributed by atoms with Crippen molar-refractivity contribution in [3.8, 4) is 0 Å². The fraction of sp³-hybridized carbons (Fsp3) is 1.00. The molecule has 0 saturated carbocycles. The quantitative estimate of drug-likeness (QED) is 0.370. The number of hydrogen-bond acceptors (Lipinski definition) is 5. The second-order valence-corrected chi connectivity index (χ2v) is 3.48. The molecule has 0 aliphatic heterocycles. The van der Waals surface area contributed by atoms with Crippen LogP contribution in [0.4, 0.5) is 0 Å². The molecule has 1 atom stereocenters. The lowest BCUT2D eigenvalue weighted by Crippen LogP contribution is -2.14. The van der Waals surface area contributed by atoms with E-state index in [1.54, 1.807) is 7.05 Å². The molecule has 0 aromatic heterocycles. The minimum Gasteiger partial charge on any atom is -0.328 e. The van der Waals surface area contributed by atoms with Crippen molar-refractivity contribution in [3.63, 3.8) is 0 Å². The van der Waals surface area contributed by atoms with E-state index in [9.17, 15) is 4.57 Å². The Morgan fingerprint density at radius 1 is 1.50 bits per heavy atom. The van der Waals surface area contributed by atoms with Crippen molar-refractivity contribution >= 4 is 7.82 Å². The number of phosphoric acid groups is 1. The summed E-state index contributed by atoms with van der Waals surface area (Å²) >= 11 is 0. The van der Waals surface area contributed by atoms with E-state index in [4.69, 9.17) is 10.6 Å². The predicted molar refractivity (Wildman–Crippen MR) is 44.7 cm³/mol. The first-order valence-electron chi connectivity index (χ1n) is 3.59. The Balaban J connectivity index is 3.49. The van der Waals surface area contributed by atoms with E-state index in [0.717, 1.165) is 0 Å². The van der Waals surface area contributed by atoms with Crippen LogP contribution in [-0.2, 0) is 13.6 Å². The maximum atomic E-state index is 10.9. The Labute approximate surface area is 71.7 Å². The topological polar surface area (TPSA) is 93.8 Å². The van der Waals surface area contributed by atoms with Gasteiger partial charge in [-0.05, 0) is 7.05 Å². The van der Waals surface area contributed by atoms with Gasteiger partial charge in [-0.3, -0.25) is 9.05 Å². The van der Waals surface area contributed by atoms with Crippen LogP contribution < -0.4 is 11.1 Å². The second kappa shape index (κ2) is 6.54. The molecule has 0 saturated heterocycles. The minimum absolute atomic E-state index is 0.0212. The van der Waals surface area contributed by atoms with Gasteiger partial charge in [-0.15, -0.1) is 0 Å². The molecule has 0 spiro atoms. The largest absolute Gasteiger partial charge is 0.472 e. The zero-order valence-corrected chi connectivity index (χ0v) is 7.92. The first kappa shape index (κ1) is 12.0. The number of rotatable bonds is 7. The van der Waals surface area contributed by atoms with Crippen molar-refractivity contribution in [2.24, 2.45) is 5.73 Å². The van der Waals surface area contributed by atoms with Gasteiger partial charge in [-0.2, -0.15) is 0 Å². The van der Waals surface area contributed by atoms with Gasteiger partial charge >= 0.3 is 7.82 Å². The van der Waals surface area contributed by atoms with Crippen molar-refractivity contribution in [2.45, 2.75) is 0 Å². The van der Waals surface area contributed by atoms with Crippen LogP contribution in [0.3, 0.4) is 0 Å². The third-order valence-corrected chi connectivity index (χ3v) is 2.00. The van der Waals surface area contributed by atoms with Gasteiger partial charge in [0.15, 0.2) is 0 Å². The highest BCUT2D eigenvalue weighted by atomic mass is 31.2. The molecule has 0 fully saturated rings. The number of nitrogens with two attached hydrogens (primary N) is 1. The fourth-order valence-electron chi connectivity index (χ4n) is 0.468. The molecule has 0 aliphatic rings. The van der Waals surface area contributed by atoms with Crippen LogP contribution >= 0.6 is 7.82 Å². The first-order valence-corrected chi connectivity index (χ1v) is 5.08. The highest BCUT2D eigenvalue weighted by molar-refractivity contribution is 7.47. The van der Waals surface area contributed by atoms with E-state index in [0.29, 0.717) is 6.54 Å². The molecular weight excluding hydrogens is 183 g/mol. The Morgan fingerprint density at radius 2 is 2.08 bits per heavy atom. The van der Waals surface area contributed by atoms with Crippen LogP contribution in [-0.4, -0.2) is 38.2 Å². The van der Waals surface area contributed by atoms with Gasteiger partial charge in [0.25, 0.3) is 0 Å². The van der Waals surface area contributed by atoms with Crippen molar-refractivity contribution in [1.29, 1.82) is 0 Å². The maximum Gasteiger partial charge on any atom is 0.472 e. The van der Waals surface area contributed by atoms with Gasteiger partial charge in [-0.1, -0.05) is 0 Å². The molecule has 4 N–H and O–H groups in total. The molecule has 6 nitrogen and oxygen atoms in total. The molecule has 7 heteroatoms. The van der Waals surface area contributed by atoms with Crippen molar-refractivity contribution < 1.29 is 18.5 Å². The van der Waals surface area contributed by atoms with Crippen LogP contribution in [0, 0.1) is 0 Å². The normalized spacial score (nSPS) is 15.9. The van der Waals surface area contributed by atoms with E-state index in [2.05, 4.69) is 14.4 Å². The minimum atomic E-state index is -3.86. The van der Waals surface area contributed by atoms with Gasteiger partial charge in [0, 0.05) is 13.1 Å². The summed E-state index contributed by atoms with van der Waals surface area (Å²) in [5, 5.41) is 2.76. The molecular formula is C5H15N2O4P. The Morgan fingerprint density at radius 3 is 2.58 bits per heavy atom. The van der Waals surface area contributed by atoms with Gasteiger partial charge in [0.1, 0.15) is 0 Å². The highest BCUT2D eigenvalue weighted by Crippen LogP contribution is 2.42. The monoisotopic (exact) mass is 198 g/mol. The van der Waals surface area contributed by atoms with Gasteiger partial charge < -0.3 is 15.9 Å². The molecule has 0 aromatic rings. The Kier molecular flexibility index (Phi) is 6.55. The molecule has 0 aromatic carbocycles. The van der Waals surface area contributed by atoms with E-state index < -0.39 is 7.82 Å². The average molecular weight is 198 g/mol. The summed E-state index contributed by atoms with van der Waals surface area (Å²) in [6.07, 6.45) is 0. The summed E-state index contributed by atoms with van der Waals surface area (Å²) in [7, 11) is -2.14. The van der Waals surface area contributed by atoms with Gasteiger partial charge in [-0.25, -0.2) is 4.57 Å². The zero-order valence-electron chi connectivity index (χ0n) is 7.02. The van der Waals surface area contributed by atoms with Gasteiger partial charge in [0.2, 0.25) is 0 Å². The number of hydrogen-bond donors (Lipinski definition) is 3. The molecule has 0 amide bonds. The summed E-state index contributed by atoms with van der Waals surface area (Å²) in [4.78, 5) is 8.90. The van der Waals surface area contributed by atoms with E-state index in [-0.39, 0.29) is 19.8 Å². The second-order valence-electron chi connectivity index (χ2n) is 2.03. The summed E-state index contributed by atoms with van der Waals surface area (Å²) in [5.41, 5.74) is 5.07. The van der Waals surface area contributed by atoms with Crippen molar-refractivity contribution in [2.75, 3.05) is 33.4 Å². The summed E-state index contributed by atoms with van der Waals surface area (Å²) in [6.45, 7) is 0.846. The molecule has 0 aliphatic carbocycles. The number of nitrogens with one attached hydrogen (secondary N) is 1. The van der Waals surface area contributed by atoms with E-state index in [1.807, 2.05) is 0 Å². The van der Waals surface area contributed by atoms with Crippen LogP contribution in [0.5, 0.6) is 0 Å². The van der Waals surface area contributed by atoms with Crippen LogP contribution in [0.1, 0.15) is 0 Å². The van der Waals surface area contributed by atoms with Gasteiger partial charge in [0.05, 0.1) is 13.2 Å². The van der Waals surface area contributed by atoms with Crippen molar-refractivity contribution in [1.82, 2.24) is 5.32 Å². The predicted octanol–water partition coefficient (Wildman–Crippen LogP) is -0.702. The Bertz CT molecular complexity index is 154. The molecule has 74 valence electrons. The fourth-order valence-corrected chi connectivity index (χ4v) is 1.20. The average Bonchev–Trinajstić information content (AvgIpc) is 2.01. The highest BCUT2D eigenvalue weighted by Gasteiger charge is 2.19. The standard InChI is InChI=1S/C5H15N2O4P/c1-7-3-5-11-12(8,9)10-4-2-6/h7H,2-6H2,1H3,(H,8,9). The lowest BCUT2D eigenvalue weighted by Gasteiger charge is -2.10. The third kappa shape index (κ3) is 6.72. The number of likely N-dealkylation sites (N-methyl/N-ethyl adjacent to an activating group) is 1. The molecule has 0 rings (SSSR count). The summed E-state index contributed by atoms with van der Waals surface area (Å²) in [6, 6.07) is 0. The molecule has 1 unspecified atom stereocenters. The lowest BCUT2D eigenvalue weighted by molar-refractivity contribution is 0.154.